The molecule has 6 rings (SSSR count). The van der Waals surface area contributed by atoms with Crippen LogP contribution in [0.25, 0.3) is 55.4 Å². The quantitative estimate of drug-likeness (QED) is 0.167. The molecule has 0 saturated carbocycles. The maximum absolute atomic E-state index is 5.18. The van der Waals surface area contributed by atoms with Crippen LogP contribution in [-0.4, -0.2) is 14.5 Å². The second kappa shape index (κ2) is 10.1. The fraction of sp³-hybridized carbons (Fsp3) is 0.200. The number of rotatable bonds is 7. The van der Waals surface area contributed by atoms with Crippen LogP contribution in [0.5, 0.6) is 0 Å². The molecule has 0 amide bonds. The summed E-state index contributed by atoms with van der Waals surface area (Å²) >= 11 is 9.00. The number of nitrogens with zero attached hydrogens (tertiary/aromatic N) is 3. The number of aryl methyl sites for hydroxylation is 1. The highest BCUT2D eigenvalue weighted by Crippen LogP contribution is 2.41. The van der Waals surface area contributed by atoms with Crippen molar-refractivity contribution < 1.29 is 0 Å². The lowest BCUT2D eigenvalue weighted by Crippen LogP contribution is -1.98. The molecule has 0 N–H and O–H groups in total. The third-order valence-corrected chi connectivity index (χ3v) is 9.24. The number of thiophene rings is 1. The summed E-state index contributed by atoms with van der Waals surface area (Å²) in [5.74, 6) is 0. The lowest BCUT2D eigenvalue weighted by Gasteiger charge is -2.11. The van der Waals surface area contributed by atoms with E-state index in [9.17, 15) is 0 Å². The number of benzene rings is 3. The normalized spacial score (nSPS) is 11.8. The van der Waals surface area contributed by atoms with Crippen LogP contribution in [-0.2, 0) is 6.54 Å². The largest absolute Gasteiger partial charge is 0.340 e. The zero-order valence-corrected chi connectivity index (χ0v) is 24.0. The van der Waals surface area contributed by atoms with Crippen LogP contribution in [0, 0.1) is 0 Å². The van der Waals surface area contributed by atoms with Gasteiger partial charge in [0.15, 0.2) is 0 Å². The fourth-order valence-electron chi connectivity index (χ4n) is 5.02. The molecule has 6 aromatic rings. The maximum Gasteiger partial charge on any atom is 0.116 e. The average molecular weight is 619 g/mol. The smallest absolute Gasteiger partial charge is 0.116 e. The van der Waals surface area contributed by atoms with Crippen molar-refractivity contribution in [2.45, 2.75) is 39.2 Å². The van der Waals surface area contributed by atoms with Crippen molar-refractivity contribution in [2.75, 3.05) is 0 Å². The first-order valence-electron chi connectivity index (χ1n) is 12.4. The molecule has 6 heteroatoms. The monoisotopic (exact) mass is 617 g/mol. The topological polar surface area (TPSA) is 30.7 Å². The molecule has 0 spiro atoms. The molecule has 0 unspecified atom stereocenters. The minimum absolute atomic E-state index is 0.889. The summed E-state index contributed by atoms with van der Waals surface area (Å²) in [5, 5.41) is 2.60. The third kappa shape index (κ3) is 4.19. The predicted octanol–water partition coefficient (Wildman–Crippen LogP) is 10.2. The van der Waals surface area contributed by atoms with Crippen LogP contribution in [0.3, 0.4) is 0 Å². The second-order valence-corrected chi connectivity index (χ2v) is 12.8. The number of para-hydroxylation sites is 1. The van der Waals surface area contributed by atoms with Gasteiger partial charge in [-0.05, 0) is 50.4 Å². The van der Waals surface area contributed by atoms with Gasteiger partial charge in [0.25, 0.3) is 0 Å². The Morgan fingerprint density at radius 1 is 0.694 bits per heavy atom. The van der Waals surface area contributed by atoms with Crippen LogP contribution in [0.1, 0.15) is 32.6 Å². The molecule has 180 valence electrons. The van der Waals surface area contributed by atoms with Crippen LogP contribution < -0.4 is 0 Å². The Morgan fingerprint density at radius 3 is 2.11 bits per heavy atom. The molecular weight excluding hydrogens is 594 g/mol. The van der Waals surface area contributed by atoms with Crippen molar-refractivity contribution >= 4 is 76.0 Å². The molecule has 0 aliphatic rings. The molecule has 0 bridgehead atoms. The molecule has 0 fully saturated rings. The highest BCUT2D eigenvalue weighted by molar-refractivity contribution is 9.12. The Kier molecular flexibility index (Phi) is 6.67. The number of fused-ring (bicyclic) bond motifs is 4. The van der Waals surface area contributed by atoms with Gasteiger partial charge in [-0.15, -0.1) is 11.3 Å². The number of unbranched alkanes of at least 4 members (excludes halogenated alkanes) is 3. The Hall–Kier alpha value is -2.54. The van der Waals surface area contributed by atoms with Crippen LogP contribution >= 0.6 is 43.2 Å². The number of hydrogen-bond acceptors (Lipinski definition) is 3. The van der Waals surface area contributed by atoms with E-state index in [4.69, 9.17) is 9.97 Å². The lowest BCUT2D eigenvalue weighted by atomic mass is 10.0. The van der Waals surface area contributed by atoms with E-state index >= 15 is 0 Å². The summed E-state index contributed by atoms with van der Waals surface area (Å²) in [6.45, 7) is 3.28. The summed E-state index contributed by atoms with van der Waals surface area (Å²) < 4.78 is 4.47. The molecule has 3 heterocycles. The van der Waals surface area contributed by atoms with Gasteiger partial charge in [0, 0.05) is 39.5 Å². The first-order valence-corrected chi connectivity index (χ1v) is 14.8. The van der Waals surface area contributed by atoms with E-state index < -0.39 is 0 Å². The fourth-order valence-corrected chi connectivity index (χ4v) is 7.83. The first kappa shape index (κ1) is 23.8. The lowest BCUT2D eigenvalue weighted by molar-refractivity contribution is 0.602. The zero-order valence-electron chi connectivity index (χ0n) is 20.0. The average Bonchev–Trinajstić information content (AvgIpc) is 3.38. The van der Waals surface area contributed by atoms with Gasteiger partial charge >= 0.3 is 0 Å². The number of aromatic nitrogens is 3. The van der Waals surface area contributed by atoms with Crippen molar-refractivity contribution in [3.05, 3.63) is 80.4 Å². The predicted molar refractivity (Wildman–Crippen MR) is 161 cm³/mol. The van der Waals surface area contributed by atoms with E-state index in [1.807, 2.05) is 6.07 Å². The molecule has 3 aromatic carbocycles. The van der Waals surface area contributed by atoms with Crippen LogP contribution in [0.2, 0.25) is 0 Å². The van der Waals surface area contributed by atoms with E-state index in [-0.39, 0.29) is 0 Å². The summed E-state index contributed by atoms with van der Waals surface area (Å²) in [6.07, 6.45) is 4.97. The summed E-state index contributed by atoms with van der Waals surface area (Å²) in [4.78, 5) is 10.3. The van der Waals surface area contributed by atoms with Gasteiger partial charge in [-0.2, -0.15) is 0 Å². The highest BCUT2D eigenvalue weighted by atomic mass is 79.9. The van der Waals surface area contributed by atoms with E-state index in [0.29, 0.717) is 0 Å². The summed E-state index contributed by atoms with van der Waals surface area (Å²) in [5.41, 5.74) is 8.30. The number of halogens is 2. The molecule has 0 aliphatic heterocycles. The SMILES string of the molecule is CCCCCCn1c2ccccc2c2ccc(-c3nc4c(Br)sc(Br)c4nc3-c3ccccc3)cc21. The summed E-state index contributed by atoms with van der Waals surface area (Å²) in [6, 6.07) is 25.9. The minimum Gasteiger partial charge on any atom is -0.340 e. The van der Waals surface area contributed by atoms with E-state index in [2.05, 4.69) is 110 Å². The van der Waals surface area contributed by atoms with Crippen LogP contribution in [0.15, 0.2) is 80.4 Å². The molecule has 0 aliphatic carbocycles. The van der Waals surface area contributed by atoms with E-state index in [0.717, 1.165) is 47.7 Å². The van der Waals surface area contributed by atoms with Gasteiger partial charge in [0.05, 0.1) is 19.0 Å². The standard InChI is InChI=1S/C30H25Br2N3S/c1-2-3-4-10-17-35-23-14-9-8-13-21(23)22-16-15-20(18-24(22)35)26-25(19-11-6-5-7-12-19)33-27-28(34-26)30(32)36-29(27)31/h5-9,11-16,18H,2-4,10,17H2,1H3. The van der Waals surface area contributed by atoms with Gasteiger partial charge in [-0.1, -0.05) is 86.8 Å². The summed E-state index contributed by atoms with van der Waals surface area (Å²) in [7, 11) is 0. The molecule has 36 heavy (non-hydrogen) atoms. The molecule has 3 aromatic heterocycles. The Morgan fingerprint density at radius 2 is 1.36 bits per heavy atom. The third-order valence-electron chi connectivity index (χ3n) is 6.78. The van der Waals surface area contributed by atoms with Gasteiger partial charge < -0.3 is 4.57 Å². The Balaban J connectivity index is 1.58. The zero-order chi connectivity index (χ0) is 24.6. The highest BCUT2D eigenvalue weighted by Gasteiger charge is 2.19. The molecule has 0 atom stereocenters. The maximum atomic E-state index is 5.18. The van der Waals surface area contributed by atoms with Gasteiger partial charge in [0.2, 0.25) is 0 Å². The van der Waals surface area contributed by atoms with Crippen molar-refractivity contribution in [1.29, 1.82) is 0 Å². The van der Waals surface area contributed by atoms with Gasteiger partial charge in [0.1, 0.15) is 11.0 Å². The molecule has 0 saturated heterocycles. The van der Waals surface area contributed by atoms with Crippen molar-refractivity contribution in [2.24, 2.45) is 0 Å². The minimum atomic E-state index is 0.889. The second-order valence-electron chi connectivity index (χ2n) is 9.09. The molecule has 3 nitrogen and oxygen atoms in total. The van der Waals surface area contributed by atoms with E-state index in [1.54, 1.807) is 11.3 Å². The Bertz CT molecular complexity index is 1700. The molecule has 0 radical (unpaired) electrons. The van der Waals surface area contributed by atoms with E-state index in [1.165, 1.54) is 47.5 Å². The van der Waals surface area contributed by atoms with Gasteiger partial charge in [-0.25, -0.2) is 9.97 Å². The van der Waals surface area contributed by atoms with Gasteiger partial charge in [-0.3, -0.25) is 0 Å². The van der Waals surface area contributed by atoms with Crippen molar-refractivity contribution in [3.63, 3.8) is 0 Å². The Labute approximate surface area is 231 Å². The first-order chi connectivity index (χ1) is 17.7. The van der Waals surface area contributed by atoms with Crippen LogP contribution in [0.4, 0.5) is 0 Å². The molecular formula is C30H25Br2N3S. The van der Waals surface area contributed by atoms with Crippen molar-refractivity contribution in [1.82, 2.24) is 14.5 Å². The van der Waals surface area contributed by atoms with Crippen molar-refractivity contribution in [3.8, 4) is 22.5 Å². The number of hydrogen-bond donors (Lipinski definition) is 0.